The van der Waals surface area contributed by atoms with E-state index in [2.05, 4.69) is 34.0 Å². The second kappa shape index (κ2) is 30.0. The van der Waals surface area contributed by atoms with Crippen LogP contribution in [0.3, 0.4) is 0 Å². The SMILES string of the molecule is C=C1C[C@H]2C=Nc3cc(OCCCCCOc4cc5c(cc4C)C(=O)N4CC6(CC6)C[C@H]4C(O)N5C(=O)OCc4ccc(CC(=O)[C@H](C)NC(=O)[C@@H](CC(=O)CNC(=O)CCC(=O)CCC(=O)N5Cc6ccccc6C#Cc6ccccc65)C(C)C)cc4)c(OC)cc3C(=O)N2C1. The number of unbranched alkanes of at least 4 members (excludes halogenated alkanes) is 2. The van der Waals surface area contributed by atoms with Crippen molar-refractivity contribution in [3.63, 3.8) is 0 Å². The summed E-state index contributed by atoms with van der Waals surface area (Å²) in [5.74, 6) is 3.99. The number of nitrogens with zero attached hydrogens (tertiary/aromatic N) is 5. The lowest BCUT2D eigenvalue weighted by Gasteiger charge is -2.31. The molecule has 1 unspecified atom stereocenters. The van der Waals surface area contributed by atoms with Crippen LogP contribution in [0, 0.1) is 36.0 Å². The number of methoxy groups -OCH3 is 1. The normalized spacial score (nSPS) is 18.3. The molecule has 2 saturated heterocycles. The average molecular weight is 1320 g/mol. The first kappa shape index (κ1) is 68.4. The maximum atomic E-state index is 14.4. The summed E-state index contributed by atoms with van der Waals surface area (Å²) in [7, 11) is 1.53. The van der Waals surface area contributed by atoms with Gasteiger partial charge in [-0.2, -0.15) is 0 Å². The largest absolute Gasteiger partial charge is 0.493 e. The van der Waals surface area contributed by atoms with Gasteiger partial charge in [0, 0.05) is 87.0 Å². The van der Waals surface area contributed by atoms with E-state index in [1.165, 1.54) is 7.11 Å². The van der Waals surface area contributed by atoms with Crippen LogP contribution in [0.25, 0.3) is 0 Å². The minimum atomic E-state index is -1.42. The fourth-order valence-electron chi connectivity index (χ4n) is 13.3. The van der Waals surface area contributed by atoms with E-state index in [9.17, 15) is 48.3 Å². The Balaban J connectivity index is 0.623. The molecule has 0 aromatic heterocycles. The summed E-state index contributed by atoms with van der Waals surface area (Å²) in [4.78, 5) is 133. The molecule has 3 N–H and O–H groups in total. The number of Topliss-reactive ketones (excluding diaryl/α,β-unsaturated/α-hetero) is 3. The number of anilines is 2. The second-order valence-corrected chi connectivity index (χ2v) is 26.7. The monoisotopic (exact) mass is 1320 g/mol. The number of rotatable bonds is 27. The van der Waals surface area contributed by atoms with E-state index < -0.39 is 47.9 Å². The number of nitrogens with one attached hydrogen (secondary N) is 2. The molecule has 506 valence electrons. The number of benzene rings is 5. The lowest BCUT2D eigenvalue weighted by molar-refractivity contribution is -0.133. The van der Waals surface area contributed by atoms with Crippen LogP contribution in [-0.2, 0) is 53.1 Å². The van der Waals surface area contributed by atoms with Gasteiger partial charge in [-0.05, 0) is 123 Å². The summed E-state index contributed by atoms with van der Waals surface area (Å²) in [6.07, 6.45) is 3.99. The molecule has 0 bridgehead atoms. The zero-order valence-electron chi connectivity index (χ0n) is 55.6. The highest BCUT2D eigenvalue weighted by Crippen LogP contribution is 2.57. The van der Waals surface area contributed by atoms with Gasteiger partial charge >= 0.3 is 6.09 Å². The maximum absolute atomic E-state index is 14.4. The Kier molecular flexibility index (Phi) is 21.2. The molecule has 0 radical (unpaired) electrons. The molecule has 6 aliphatic rings. The van der Waals surface area contributed by atoms with Crippen LogP contribution in [0.4, 0.5) is 21.9 Å². The number of aliphatic hydroxyl groups is 1. The predicted molar refractivity (Wildman–Crippen MR) is 363 cm³/mol. The number of aliphatic hydroxyl groups excluding tert-OH is 1. The highest BCUT2D eigenvalue weighted by molar-refractivity contribution is 6.06. The Bertz CT molecular complexity index is 4030. The molecule has 1 aliphatic carbocycles. The predicted octanol–water partition coefficient (Wildman–Crippen LogP) is 9.63. The molecule has 3 fully saturated rings. The highest BCUT2D eigenvalue weighted by atomic mass is 16.6. The van der Waals surface area contributed by atoms with Crippen molar-refractivity contribution in [1.29, 1.82) is 0 Å². The van der Waals surface area contributed by atoms with Crippen molar-refractivity contribution in [1.82, 2.24) is 20.4 Å². The van der Waals surface area contributed by atoms with Crippen LogP contribution >= 0.6 is 0 Å². The molecular formula is C76H83N7O14. The number of aliphatic imine (C=N–C) groups is 1. The summed E-state index contributed by atoms with van der Waals surface area (Å²) in [6, 6.07) is 26.9. The van der Waals surface area contributed by atoms with Crippen molar-refractivity contribution < 1.29 is 67.2 Å². The second-order valence-electron chi connectivity index (χ2n) is 26.7. The number of aryl methyl sites for hydroxylation is 1. The third kappa shape index (κ3) is 16.0. The Morgan fingerprint density at radius 3 is 2.19 bits per heavy atom. The number of ketones is 3. The first-order valence-corrected chi connectivity index (χ1v) is 33.5. The van der Waals surface area contributed by atoms with Crippen LogP contribution in [0.15, 0.2) is 114 Å². The topological polar surface area (TPSA) is 260 Å². The first-order valence-electron chi connectivity index (χ1n) is 33.5. The van der Waals surface area contributed by atoms with Crippen LogP contribution in [0.2, 0.25) is 0 Å². The Morgan fingerprint density at radius 1 is 0.753 bits per heavy atom. The molecule has 21 heteroatoms. The van der Waals surface area contributed by atoms with Crippen LogP contribution in [-0.4, -0.2) is 138 Å². The third-order valence-corrected chi connectivity index (χ3v) is 19.2. The number of para-hydroxylation sites is 1. The summed E-state index contributed by atoms with van der Waals surface area (Å²) in [5, 5.41) is 17.5. The van der Waals surface area contributed by atoms with Crippen molar-refractivity contribution >= 4 is 76.3 Å². The van der Waals surface area contributed by atoms with Crippen LogP contribution < -0.4 is 34.6 Å². The van der Waals surface area contributed by atoms with Crippen molar-refractivity contribution in [2.75, 3.05) is 49.8 Å². The fourth-order valence-corrected chi connectivity index (χ4v) is 13.3. The van der Waals surface area contributed by atoms with Crippen LogP contribution in [0.5, 0.6) is 17.2 Å². The number of hydrogen-bond acceptors (Lipinski definition) is 15. The molecule has 5 aliphatic heterocycles. The third-order valence-electron chi connectivity index (χ3n) is 19.2. The zero-order chi connectivity index (χ0) is 68.7. The standard InChI is InChI=1S/C76H83N7O14/c1-46(2)58(35-57(85)41-78-69(87)26-24-56(84)25-27-70(88)81-43-54-16-9-8-14-52(54)22-23-53-15-10-11-17-62(53)81)71(89)79-49(5)65(86)34-50-18-20-51(21-19-50)44-97-75(93)83-63-38-66(48(4)33-60(63)73(91)82-45-76(28-29-76)39-64(82)74(83)92)95-30-12-7-13-31-96-68-37-61-59(36-67(68)94-6)72(90)80-42-47(3)32-55(80)40-77-61/h8-11,14-21,33,36-38,40,46,49,55,58,64,74,92H,3,7,12-13,24-32,34-35,39,41-45H2,1-2,4-6H3,(H,78,87)(H,79,89)/t49-,55-,58-,64-,74?/m0/s1. The molecule has 5 atom stereocenters. The van der Waals surface area contributed by atoms with Crippen LogP contribution in [0.1, 0.15) is 152 Å². The molecule has 97 heavy (non-hydrogen) atoms. The van der Waals surface area contributed by atoms with Gasteiger partial charge in [0.2, 0.25) is 17.7 Å². The minimum absolute atomic E-state index is 0.0404. The molecule has 1 spiro atoms. The maximum Gasteiger partial charge on any atom is 0.416 e. The quantitative estimate of drug-likeness (QED) is 0.0251. The van der Waals surface area contributed by atoms with E-state index in [0.29, 0.717) is 115 Å². The number of hydrogen-bond donors (Lipinski definition) is 3. The molecule has 11 rings (SSSR count). The summed E-state index contributed by atoms with van der Waals surface area (Å²) >= 11 is 0. The van der Waals surface area contributed by atoms with Gasteiger partial charge in [-0.1, -0.05) is 92.4 Å². The molecular weight excluding hydrogens is 1230 g/mol. The van der Waals surface area contributed by atoms with Gasteiger partial charge < -0.3 is 49.4 Å². The Labute approximate surface area is 564 Å². The van der Waals surface area contributed by atoms with Gasteiger partial charge in [0.1, 0.15) is 18.1 Å². The van der Waals surface area contributed by atoms with Crippen molar-refractivity contribution in [3.05, 3.63) is 154 Å². The molecule has 5 aromatic rings. The molecule has 1 saturated carbocycles. The lowest BCUT2D eigenvalue weighted by Crippen LogP contribution is -2.50. The van der Waals surface area contributed by atoms with Gasteiger partial charge in [0.05, 0.1) is 79.7 Å². The van der Waals surface area contributed by atoms with Gasteiger partial charge in [0.25, 0.3) is 11.8 Å². The molecule has 5 aromatic carbocycles. The van der Waals surface area contributed by atoms with E-state index >= 15 is 0 Å². The first-order chi connectivity index (χ1) is 46.7. The van der Waals surface area contributed by atoms with E-state index in [1.54, 1.807) is 90.2 Å². The number of carbonyl (C=O) groups excluding carboxylic acids is 9. The number of carbonyl (C=O) groups is 9. The zero-order valence-corrected chi connectivity index (χ0v) is 55.6. The summed E-state index contributed by atoms with van der Waals surface area (Å²) in [6.45, 7) is 12.4. The van der Waals surface area contributed by atoms with Crippen molar-refractivity contribution in [3.8, 4) is 29.1 Å². The minimum Gasteiger partial charge on any atom is -0.493 e. The number of amides is 6. The lowest BCUT2D eigenvalue weighted by atomic mass is 9.89. The smallest absolute Gasteiger partial charge is 0.416 e. The summed E-state index contributed by atoms with van der Waals surface area (Å²) in [5.41, 5.74) is 7.27. The number of ether oxygens (including phenoxy) is 4. The van der Waals surface area contributed by atoms with Crippen molar-refractivity contribution in [2.24, 2.45) is 22.2 Å². The van der Waals surface area contributed by atoms with E-state index in [-0.39, 0.29) is 110 Å². The molecule has 6 amide bonds. The fraction of sp³-hybridized carbons (Fsp3) is 0.421. The van der Waals surface area contributed by atoms with E-state index in [0.717, 1.165) is 40.9 Å². The van der Waals surface area contributed by atoms with Gasteiger partial charge in [0.15, 0.2) is 29.3 Å². The van der Waals surface area contributed by atoms with Gasteiger partial charge in [-0.15, -0.1) is 0 Å². The molecule has 5 heterocycles. The molecule has 21 nitrogen and oxygen atoms in total. The van der Waals surface area contributed by atoms with Crippen molar-refractivity contribution in [2.45, 2.75) is 149 Å². The van der Waals surface area contributed by atoms with Gasteiger partial charge in [-0.25, -0.2) is 9.69 Å². The Hall–Kier alpha value is -9.94. The summed E-state index contributed by atoms with van der Waals surface area (Å²) < 4.78 is 24.0. The van der Waals surface area contributed by atoms with Gasteiger partial charge in [-0.3, -0.25) is 43.3 Å². The average Bonchev–Trinajstić information content (AvgIpc) is 1.57. The Morgan fingerprint density at radius 2 is 1.44 bits per heavy atom. The van der Waals surface area contributed by atoms with E-state index in [1.807, 2.05) is 55.5 Å². The van der Waals surface area contributed by atoms with E-state index in [4.69, 9.17) is 18.9 Å². The number of fused-ring (bicyclic) bond motifs is 6. The highest BCUT2D eigenvalue weighted by Gasteiger charge is 2.58.